The highest BCUT2D eigenvalue weighted by molar-refractivity contribution is 5.90. The third-order valence-corrected chi connectivity index (χ3v) is 4.54. The number of para-hydroxylation sites is 1. The molecule has 1 heterocycles. The van der Waals surface area contributed by atoms with Crippen LogP contribution < -0.4 is 10.1 Å². The average molecular weight is 340 g/mol. The van der Waals surface area contributed by atoms with Crippen molar-refractivity contribution in [3.05, 3.63) is 90.6 Å². The highest BCUT2D eigenvalue weighted by Gasteiger charge is 2.06. The first-order valence-corrected chi connectivity index (χ1v) is 8.65. The molecule has 0 aliphatic heterocycles. The summed E-state index contributed by atoms with van der Waals surface area (Å²) in [5.41, 5.74) is 5.75. The van der Waals surface area contributed by atoms with Crippen LogP contribution in [0.1, 0.15) is 5.56 Å². The smallest absolute Gasteiger partial charge is 0.118 e. The van der Waals surface area contributed by atoms with E-state index in [2.05, 4.69) is 52.8 Å². The van der Waals surface area contributed by atoms with Crippen LogP contribution in [-0.4, -0.2) is 12.1 Å². The standard InChI is InChI=1S/C23H20N2O/c1-26-19-12-10-17(11-13-19)20-7-3-2-6-18(20)16-25-23-14-15-24-22-9-5-4-8-21(22)23/h2-15H,16H2,1H3,(H,24,25). The van der Waals surface area contributed by atoms with E-state index in [4.69, 9.17) is 4.74 Å². The summed E-state index contributed by atoms with van der Waals surface area (Å²) in [4.78, 5) is 4.43. The summed E-state index contributed by atoms with van der Waals surface area (Å²) in [6.07, 6.45) is 1.85. The van der Waals surface area contributed by atoms with E-state index >= 15 is 0 Å². The van der Waals surface area contributed by atoms with E-state index in [0.717, 1.165) is 28.9 Å². The van der Waals surface area contributed by atoms with Crippen LogP contribution in [0.4, 0.5) is 5.69 Å². The Morgan fingerprint density at radius 3 is 2.46 bits per heavy atom. The number of nitrogens with one attached hydrogen (secondary N) is 1. The van der Waals surface area contributed by atoms with Gasteiger partial charge in [-0.3, -0.25) is 4.98 Å². The first kappa shape index (κ1) is 16.2. The van der Waals surface area contributed by atoms with Gasteiger partial charge < -0.3 is 10.1 Å². The predicted molar refractivity (Wildman–Crippen MR) is 107 cm³/mol. The van der Waals surface area contributed by atoms with Gasteiger partial charge in [0, 0.05) is 23.8 Å². The van der Waals surface area contributed by atoms with Crippen molar-refractivity contribution >= 4 is 16.6 Å². The Hall–Kier alpha value is -3.33. The Bertz CT molecular complexity index is 1020. The molecule has 4 rings (SSSR count). The predicted octanol–water partition coefficient (Wildman–Crippen LogP) is 5.52. The summed E-state index contributed by atoms with van der Waals surface area (Å²) in [6, 6.07) is 26.9. The van der Waals surface area contributed by atoms with Gasteiger partial charge in [0.2, 0.25) is 0 Å². The van der Waals surface area contributed by atoms with Gasteiger partial charge >= 0.3 is 0 Å². The van der Waals surface area contributed by atoms with Crippen molar-refractivity contribution in [3.8, 4) is 16.9 Å². The number of benzene rings is 3. The number of hydrogen-bond donors (Lipinski definition) is 1. The summed E-state index contributed by atoms with van der Waals surface area (Å²) in [6.45, 7) is 0.746. The SMILES string of the molecule is COc1ccc(-c2ccccc2CNc2ccnc3ccccc23)cc1. The van der Waals surface area contributed by atoms with Crippen LogP contribution in [0.2, 0.25) is 0 Å². The molecular weight excluding hydrogens is 320 g/mol. The lowest BCUT2D eigenvalue weighted by Crippen LogP contribution is -2.02. The van der Waals surface area contributed by atoms with E-state index in [1.165, 1.54) is 16.7 Å². The van der Waals surface area contributed by atoms with E-state index < -0.39 is 0 Å². The van der Waals surface area contributed by atoms with E-state index in [1.54, 1.807) is 7.11 Å². The van der Waals surface area contributed by atoms with Gasteiger partial charge in [-0.25, -0.2) is 0 Å². The normalized spacial score (nSPS) is 10.7. The second-order valence-electron chi connectivity index (χ2n) is 6.11. The van der Waals surface area contributed by atoms with Gasteiger partial charge in [0.05, 0.1) is 12.6 Å². The van der Waals surface area contributed by atoms with Crippen molar-refractivity contribution in [2.45, 2.75) is 6.54 Å². The molecule has 0 saturated carbocycles. The second-order valence-corrected chi connectivity index (χ2v) is 6.11. The number of aromatic nitrogens is 1. The molecule has 0 atom stereocenters. The van der Waals surface area contributed by atoms with Crippen LogP contribution in [0.3, 0.4) is 0 Å². The summed E-state index contributed by atoms with van der Waals surface area (Å²) >= 11 is 0. The van der Waals surface area contributed by atoms with Crippen molar-refractivity contribution in [1.29, 1.82) is 0 Å². The van der Waals surface area contributed by atoms with E-state index in [0.29, 0.717) is 0 Å². The maximum absolute atomic E-state index is 5.26. The van der Waals surface area contributed by atoms with Gasteiger partial charge in [-0.15, -0.1) is 0 Å². The van der Waals surface area contributed by atoms with E-state index in [1.807, 2.05) is 42.6 Å². The largest absolute Gasteiger partial charge is 0.497 e. The van der Waals surface area contributed by atoms with Crippen molar-refractivity contribution in [3.63, 3.8) is 0 Å². The van der Waals surface area contributed by atoms with Gasteiger partial charge in [0.1, 0.15) is 5.75 Å². The quantitative estimate of drug-likeness (QED) is 0.519. The molecule has 26 heavy (non-hydrogen) atoms. The number of hydrogen-bond acceptors (Lipinski definition) is 3. The second kappa shape index (κ2) is 7.28. The summed E-state index contributed by atoms with van der Waals surface area (Å²) in [5, 5.41) is 4.71. The molecule has 1 N–H and O–H groups in total. The molecule has 128 valence electrons. The van der Waals surface area contributed by atoms with Gasteiger partial charge in [0.25, 0.3) is 0 Å². The molecule has 0 fully saturated rings. The Morgan fingerprint density at radius 2 is 1.62 bits per heavy atom. The molecular formula is C23H20N2O. The van der Waals surface area contributed by atoms with Crippen molar-refractivity contribution in [2.24, 2.45) is 0 Å². The van der Waals surface area contributed by atoms with Crippen LogP contribution in [0.25, 0.3) is 22.0 Å². The summed E-state index contributed by atoms with van der Waals surface area (Å²) in [5.74, 6) is 0.868. The molecule has 1 aromatic heterocycles. The van der Waals surface area contributed by atoms with Crippen molar-refractivity contribution in [2.75, 3.05) is 12.4 Å². The van der Waals surface area contributed by atoms with Crippen molar-refractivity contribution in [1.82, 2.24) is 4.98 Å². The maximum Gasteiger partial charge on any atom is 0.118 e. The van der Waals surface area contributed by atoms with E-state index in [9.17, 15) is 0 Å². The van der Waals surface area contributed by atoms with Crippen LogP contribution in [0, 0.1) is 0 Å². The molecule has 0 radical (unpaired) electrons. The minimum absolute atomic E-state index is 0.746. The molecule has 0 amide bonds. The highest BCUT2D eigenvalue weighted by Crippen LogP contribution is 2.27. The molecule has 4 aromatic rings. The number of anilines is 1. The molecule has 0 saturated heterocycles. The number of rotatable bonds is 5. The van der Waals surface area contributed by atoms with Gasteiger partial charge in [-0.2, -0.15) is 0 Å². The maximum atomic E-state index is 5.26. The third-order valence-electron chi connectivity index (χ3n) is 4.54. The Labute approximate surface area is 153 Å². The molecule has 3 nitrogen and oxygen atoms in total. The molecule has 3 aromatic carbocycles. The molecule has 3 heteroatoms. The lowest BCUT2D eigenvalue weighted by molar-refractivity contribution is 0.415. The lowest BCUT2D eigenvalue weighted by atomic mass is 9.99. The third kappa shape index (κ3) is 3.24. The number of pyridine rings is 1. The minimum Gasteiger partial charge on any atom is -0.497 e. The fourth-order valence-corrected chi connectivity index (χ4v) is 3.17. The molecule has 0 aliphatic carbocycles. The molecule has 0 unspecified atom stereocenters. The Balaban J connectivity index is 1.62. The van der Waals surface area contributed by atoms with E-state index in [-0.39, 0.29) is 0 Å². The first-order valence-electron chi connectivity index (χ1n) is 8.65. The average Bonchev–Trinajstić information content (AvgIpc) is 2.72. The number of fused-ring (bicyclic) bond motifs is 1. The van der Waals surface area contributed by atoms with Gasteiger partial charge in [0.15, 0.2) is 0 Å². The highest BCUT2D eigenvalue weighted by atomic mass is 16.5. The van der Waals surface area contributed by atoms with Gasteiger partial charge in [-0.05, 0) is 41.0 Å². The first-order chi connectivity index (χ1) is 12.8. The van der Waals surface area contributed by atoms with Crippen LogP contribution in [-0.2, 0) is 6.54 Å². The number of nitrogens with zero attached hydrogens (tertiary/aromatic N) is 1. The molecule has 0 aliphatic rings. The lowest BCUT2D eigenvalue weighted by Gasteiger charge is -2.13. The summed E-state index contributed by atoms with van der Waals surface area (Å²) < 4.78 is 5.26. The zero-order valence-corrected chi connectivity index (χ0v) is 14.6. The van der Waals surface area contributed by atoms with Gasteiger partial charge in [-0.1, -0.05) is 54.6 Å². The Kier molecular flexibility index (Phi) is 4.52. The van der Waals surface area contributed by atoms with Crippen LogP contribution >= 0.6 is 0 Å². The fraction of sp³-hybridized carbons (Fsp3) is 0.0870. The van der Waals surface area contributed by atoms with Crippen LogP contribution in [0.5, 0.6) is 5.75 Å². The number of ether oxygens (including phenoxy) is 1. The van der Waals surface area contributed by atoms with Crippen LogP contribution in [0.15, 0.2) is 85.1 Å². The van der Waals surface area contributed by atoms with Crippen molar-refractivity contribution < 1.29 is 4.74 Å². The zero-order valence-electron chi connectivity index (χ0n) is 14.6. The summed E-state index contributed by atoms with van der Waals surface area (Å²) in [7, 11) is 1.69. The minimum atomic E-state index is 0.746. The molecule has 0 spiro atoms. The molecule has 0 bridgehead atoms. The zero-order chi connectivity index (χ0) is 17.8. The number of methoxy groups -OCH3 is 1. The monoisotopic (exact) mass is 340 g/mol. The Morgan fingerprint density at radius 1 is 0.846 bits per heavy atom. The topological polar surface area (TPSA) is 34.1 Å². The fourth-order valence-electron chi connectivity index (χ4n) is 3.17.